The number of allylic oxidation sites excluding steroid dienone is 4. The van der Waals surface area contributed by atoms with Crippen LogP contribution >= 0.6 is 11.6 Å². The molecule has 0 aliphatic heterocycles. The highest BCUT2D eigenvalue weighted by Crippen LogP contribution is 2.33. The van der Waals surface area contributed by atoms with Gasteiger partial charge in [-0.1, -0.05) is 48.0 Å². The predicted molar refractivity (Wildman–Crippen MR) is 124 cm³/mol. The van der Waals surface area contributed by atoms with E-state index >= 15 is 0 Å². The van der Waals surface area contributed by atoms with Crippen LogP contribution in [0.1, 0.15) is 36.0 Å². The summed E-state index contributed by atoms with van der Waals surface area (Å²) >= 11 is 6.10. The summed E-state index contributed by atoms with van der Waals surface area (Å²) in [5.41, 5.74) is -1.23. The lowest BCUT2D eigenvalue weighted by Crippen LogP contribution is -2.37. The Morgan fingerprint density at radius 3 is 2.50 bits per heavy atom. The number of aliphatic hydroxyl groups excluding tert-OH is 1. The maximum atomic E-state index is 13.3. The van der Waals surface area contributed by atoms with Crippen molar-refractivity contribution in [1.82, 2.24) is 29.3 Å². The molecular weight excluding hydrogens is 542 g/mol. The van der Waals surface area contributed by atoms with E-state index in [0.29, 0.717) is 17.0 Å². The van der Waals surface area contributed by atoms with Crippen LogP contribution < -0.4 is 5.69 Å². The normalized spacial score (nSPS) is 17.3. The molecule has 8 nitrogen and oxygen atoms in total. The fourth-order valence-electron chi connectivity index (χ4n) is 3.98. The van der Waals surface area contributed by atoms with Crippen molar-refractivity contribution in [3.05, 3.63) is 80.8 Å². The van der Waals surface area contributed by atoms with E-state index in [4.69, 9.17) is 11.6 Å². The molecule has 4 rings (SSSR count). The SMILES string of the molecule is CC1CC(c2nn(Cc3cn(Cc4ccccc4C(F)(F)F)nn3)c(=O)n2CC(O)C(F)(F)F)=CC=C1Cl. The number of aliphatic hydroxyl groups is 1. The van der Waals surface area contributed by atoms with Crippen molar-refractivity contribution in [3.8, 4) is 0 Å². The van der Waals surface area contributed by atoms with Gasteiger partial charge in [-0.05, 0) is 35.6 Å². The van der Waals surface area contributed by atoms with Gasteiger partial charge in [0.15, 0.2) is 11.9 Å². The first-order valence-corrected chi connectivity index (χ1v) is 11.6. The number of benzene rings is 1. The third-order valence-corrected chi connectivity index (χ3v) is 6.44. The molecule has 38 heavy (non-hydrogen) atoms. The molecule has 3 aromatic rings. The summed E-state index contributed by atoms with van der Waals surface area (Å²) in [5, 5.41) is 22.0. The highest BCUT2D eigenvalue weighted by Gasteiger charge is 2.39. The number of alkyl halides is 6. The van der Waals surface area contributed by atoms with Crippen molar-refractivity contribution in [3.63, 3.8) is 0 Å². The summed E-state index contributed by atoms with van der Waals surface area (Å²) < 4.78 is 81.8. The van der Waals surface area contributed by atoms with Crippen molar-refractivity contribution < 1.29 is 31.4 Å². The molecule has 0 amide bonds. The molecule has 15 heteroatoms. The minimum Gasteiger partial charge on any atom is -0.382 e. The van der Waals surface area contributed by atoms with Crippen LogP contribution in [0.2, 0.25) is 0 Å². The minimum atomic E-state index is -4.97. The Labute approximate surface area is 216 Å². The average molecular weight is 563 g/mol. The Hall–Kier alpha value is -3.39. The highest BCUT2D eigenvalue weighted by atomic mass is 35.5. The standard InChI is InChI=1S/C23H21ClF6N6O2/c1-13-8-14(6-7-18(13)24)20-32-36(21(38)35(20)12-19(37)23(28,29)30)11-16-10-34(33-31-16)9-15-4-2-3-5-17(15)22(25,26)27/h2-7,10,13,19,37H,8-9,11-12H2,1H3. The fourth-order valence-corrected chi connectivity index (χ4v) is 4.12. The molecule has 1 aromatic carbocycles. The van der Waals surface area contributed by atoms with Gasteiger partial charge in [0.1, 0.15) is 5.69 Å². The van der Waals surface area contributed by atoms with Gasteiger partial charge in [-0.15, -0.1) is 10.2 Å². The smallest absolute Gasteiger partial charge is 0.382 e. The highest BCUT2D eigenvalue weighted by molar-refractivity contribution is 6.30. The summed E-state index contributed by atoms with van der Waals surface area (Å²) in [6.07, 6.45) is -7.64. The molecule has 204 valence electrons. The van der Waals surface area contributed by atoms with Gasteiger partial charge < -0.3 is 5.11 Å². The van der Waals surface area contributed by atoms with Gasteiger partial charge in [-0.3, -0.25) is 4.57 Å². The van der Waals surface area contributed by atoms with Crippen LogP contribution in [0.3, 0.4) is 0 Å². The van der Waals surface area contributed by atoms with E-state index in [0.717, 1.165) is 20.0 Å². The molecule has 0 bridgehead atoms. The van der Waals surface area contributed by atoms with E-state index in [1.807, 2.05) is 0 Å². The van der Waals surface area contributed by atoms with E-state index in [2.05, 4.69) is 15.4 Å². The van der Waals surface area contributed by atoms with Gasteiger partial charge in [-0.2, -0.15) is 26.3 Å². The number of hydrogen-bond donors (Lipinski definition) is 1. The van der Waals surface area contributed by atoms with Gasteiger partial charge in [0.25, 0.3) is 0 Å². The van der Waals surface area contributed by atoms with Crippen LogP contribution in [-0.2, 0) is 25.8 Å². The number of rotatable bonds is 7. The summed E-state index contributed by atoms with van der Waals surface area (Å²) in [7, 11) is 0. The van der Waals surface area contributed by atoms with Crippen LogP contribution in [0.15, 0.2) is 52.4 Å². The summed E-state index contributed by atoms with van der Waals surface area (Å²) in [6, 6.07) is 4.96. The second-order valence-electron chi connectivity index (χ2n) is 8.84. The van der Waals surface area contributed by atoms with Crippen LogP contribution in [0.5, 0.6) is 0 Å². The lowest BCUT2D eigenvalue weighted by atomic mass is 9.95. The molecule has 0 spiro atoms. The lowest BCUT2D eigenvalue weighted by Gasteiger charge is -2.19. The topological polar surface area (TPSA) is 90.8 Å². The predicted octanol–water partition coefficient (Wildman–Crippen LogP) is 4.22. The molecule has 2 unspecified atom stereocenters. The van der Waals surface area contributed by atoms with Gasteiger partial charge in [0, 0.05) is 5.03 Å². The molecule has 0 fully saturated rings. The van der Waals surface area contributed by atoms with E-state index in [1.54, 1.807) is 19.1 Å². The molecule has 2 atom stereocenters. The number of hydrogen-bond acceptors (Lipinski definition) is 5. The maximum Gasteiger partial charge on any atom is 0.416 e. The fraction of sp³-hybridized carbons (Fsp3) is 0.391. The third kappa shape index (κ3) is 6.01. The Morgan fingerprint density at radius 2 is 1.84 bits per heavy atom. The molecule has 2 aromatic heterocycles. The molecule has 0 saturated heterocycles. The molecule has 1 aliphatic rings. The van der Waals surface area contributed by atoms with E-state index in [-0.39, 0.29) is 36.1 Å². The first-order chi connectivity index (χ1) is 17.7. The van der Waals surface area contributed by atoms with Crippen molar-refractivity contribution in [2.75, 3.05) is 0 Å². The minimum absolute atomic E-state index is 0.0496. The zero-order valence-corrected chi connectivity index (χ0v) is 20.5. The summed E-state index contributed by atoms with van der Waals surface area (Å²) in [4.78, 5) is 13.0. The van der Waals surface area contributed by atoms with Crippen LogP contribution in [0.4, 0.5) is 26.3 Å². The number of nitrogens with zero attached hydrogens (tertiary/aromatic N) is 6. The molecular formula is C23H21ClF6N6O2. The van der Waals surface area contributed by atoms with Crippen molar-refractivity contribution in [2.24, 2.45) is 5.92 Å². The van der Waals surface area contributed by atoms with Crippen molar-refractivity contribution in [1.29, 1.82) is 0 Å². The summed E-state index contributed by atoms with van der Waals surface area (Å²) in [5.74, 6) is -0.241. The van der Waals surface area contributed by atoms with Crippen LogP contribution in [-0.4, -0.2) is 46.7 Å². The molecule has 1 aliphatic carbocycles. The Bertz CT molecular complexity index is 1430. The molecule has 0 radical (unpaired) electrons. The first kappa shape index (κ1) is 27.6. The molecule has 0 saturated carbocycles. The van der Waals surface area contributed by atoms with Crippen molar-refractivity contribution >= 4 is 17.2 Å². The number of halogens is 7. The van der Waals surface area contributed by atoms with Crippen LogP contribution in [0, 0.1) is 5.92 Å². The zero-order chi connectivity index (χ0) is 27.8. The third-order valence-electron chi connectivity index (χ3n) is 5.94. The van der Waals surface area contributed by atoms with Gasteiger partial charge in [0.05, 0.1) is 31.4 Å². The van der Waals surface area contributed by atoms with E-state index in [1.165, 1.54) is 24.4 Å². The monoisotopic (exact) mass is 562 g/mol. The first-order valence-electron chi connectivity index (χ1n) is 11.3. The number of aromatic nitrogens is 6. The Morgan fingerprint density at radius 1 is 1.13 bits per heavy atom. The average Bonchev–Trinajstić information content (AvgIpc) is 3.39. The second-order valence-corrected chi connectivity index (χ2v) is 9.28. The van der Waals surface area contributed by atoms with Gasteiger partial charge in [-0.25, -0.2) is 14.2 Å². The van der Waals surface area contributed by atoms with Gasteiger partial charge >= 0.3 is 18.0 Å². The quantitative estimate of drug-likeness (QED) is 0.436. The lowest BCUT2D eigenvalue weighted by molar-refractivity contribution is -0.207. The second kappa shape index (κ2) is 10.4. The molecule has 2 heterocycles. The molecule has 1 N–H and O–H groups in total. The Kier molecular flexibility index (Phi) is 7.57. The van der Waals surface area contributed by atoms with E-state index < -0.39 is 36.3 Å². The van der Waals surface area contributed by atoms with Gasteiger partial charge in [0.2, 0.25) is 0 Å². The summed E-state index contributed by atoms with van der Waals surface area (Å²) in [6.45, 7) is 0.140. The zero-order valence-electron chi connectivity index (χ0n) is 19.7. The maximum absolute atomic E-state index is 13.3. The Balaban J connectivity index is 1.64. The largest absolute Gasteiger partial charge is 0.416 e. The van der Waals surface area contributed by atoms with Crippen LogP contribution in [0.25, 0.3) is 5.57 Å². The van der Waals surface area contributed by atoms with Crippen molar-refractivity contribution in [2.45, 2.75) is 51.4 Å². The van der Waals surface area contributed by atoms with E-state index in [9.17, 15) is 36.2 Å².